The van der Waals surface area contributed by atoms with Crippen molar-refractivity contribution in [1.82, 2.24) is 4.98 Å². The lowest BCUT2D eigenvalue weighted by Crippen LogP contribution is -2.20. The fourth-order valence-corrected chi connectivity index (χ4v) is 2.71. The summed E-state index contributed by atoms with van der Waals surface area (Å²) in [6.45, 7) is 1.86. The van der Waals surface area contributed by atoms with E-state index in [4.69, 9.17) is 5.14 Å². The number of H-pyrrole nitrogens is 1. The van der Waals surface area contributed by atoms with Crippen LogP contribution in [0.2, 0.25) is 0 Å². The molecule has 3 N–H and O–H groups in total. The number of primary sulfonamides is 1. The molecule has 1 heterocycles. The molecule has 0 fully saturated rings. The largest absolute Gasteiger partial charge is 0.361 e. The van der Waals surface area contributed by atoms with E-state index in [0.29, 0.717) is 0 Å². The lowest BCUT2D eigenvalue weighted by Gasteiger charge is -2.10. The third kappa shape index (κ3) is 2.43. The molecule has 0 bridgehead atoms. The van der Waals surface area contributed by atoms with Gasteiger partial charge in [-0.15, -0.1) is 0 Å². The zero-order valence-corrected chi connectivity index (χ0v) is 9.79. The van der Waals surface area contributed by atoms with Gasteiger partial charge in [-0.25, -0.2) is 13.6 Å². The van der Waals surface area contributed by atoms with Crippen LogP contribution in [0.25, 0.3) is 10.9 Å². The van der Waals surface area contributed by atoms with Crippen molar-refractivity contribution in [2.45, 2.75) is 12.8 Å². The first kappa shape index (κ1) is 11.2. The summed E-state index contributed by atoms with van der Waals surface area (Å²) in [5, 5.41) is 6.11. The van der Waals surface area contributed by atoms with Gasteiger partial charge in [-0.3, -0.25) is 0 Å². The Hall–Kier alpha value is -1.33. The van der Waals surface area contributed by atoms with Crippen LogP contribution in [0.4, 0.5) is 0 Å². The summed E-state index contributed by atoms with van der Waals surface area (Å²) in [7, 11) is -3.42. The van der Waals surface area contributed by atoms with E-state index in [2.05, 4.69) is 4.98 Å². The molecule has 1 aromatic carbocycles. The van der Waals surface area contributed by atoms with Gasteiger partial charge in [0, 0.05) is 11.7 Å². The minimum absolute atomic E-state index is 0.0249. The highest BCUT2D eigenvalue weighted by Crippen LogP contribution is 2.21. The number of fused-ring (bicyclic) bond motifs is 1. The second-order valence-electron chi connectivity index (χ2n) is 4.05. The molecule has 16 heavy (non-hydrogen) atoms. The zero-order chi connectivity index (χ0) is 11.8. The van der Waals surface area contributed by atoms with Crippen LogP contribution in [-0.2, 0) is 10.0 Å². The molecule has 0 aliphatic heterocycles. The van der Waals surface area contributed by atoms with Crippen LogP contribution in [0.5, 0.6) is 0 Å². The van der Waals surface area contributed by atoms with Crippen molar-refractivity contribution in [3.63, 3.8) is 0 Å². The standard InChI is InChI=1S/C11H14N2O2S/c1-8(7-16(12,14)15)9-2-3-11-10(6-9)4-5-13-11/h2-6,8,13H,7H2,1H3,(H2,12,14,15). The van der Waals surface area contributed by atoms with E-state index in [-0.39, 0.29) is 11.7 Å². The van der Waals surface area contributed by atoms with Crippen molar-refractivity contribution < 1.29 is 8.42 Å². The summed E-state index contributed by atoms with van der Waals surface area (Å²) in [4.78, 5) is 3.09. The van der Waals surface area contributed by atoms with Crippen LogP contribution >= 0.6 is 0 Å². The maximum Gasteiger partial charge on any atom is 0.209 e. The molecule has 0 saturated heterocycles. The van der Waals surface area contributed by atoms with Gasteiger partial charge in [0.15, 0.2) is 0 Å². The molecule has 0 saturated carbocycles. The number of aromatic amines is 1. The molecule has 0 radical (unpaired) electrons. The van der Waals surface area contributed by atoms with Crippen LogP contribution < -0.4 is 5.14 Å². The first-order chi connectivity index (χ1) is 7.46. The number of hydrogen-bond acceptors (Lipinski definition) is 2. The maximum atomic E-state index is 11.0. The smallest absolute Gasteiger partial charge is 0.209 e. The Morgan fingerprint density at radius 2 is 2.12 bits per heavy atom. The lowest BCUT2D eigenvalue weighted by molar-refractivity contribution is 0.592. The predicted octanol–water partition coefficient (Wildman–Crippen LogP) is 1.56. The average Bonchev–Trinajstić information content (AvgIpc) is 2.61. The Bertz CT molecular complexity index is 601. The maximum absolute atomic E-state index is 11.0. The number of nitrogens with one attached hydrogen (secondary N) is 1. The van der Waals surface area contributed by atoms with Crippen LogP contribution in [0.3, 0.4) is 0 Å². The highest BCUT2D eigenvalue weighted by atomic mass is 32.2. The predicted molar refractivity (Wildman–Crippen MR) is 64.7 cm³/mol. The van der Waals surface area contributed by atoms with Crippen molar-refractivity contribution in [2.24, 2.45) is 5.14 Å². The van der Waals surface area contributed by atoms with E-state index in [1.807, 2.05) is 37.4 Å². The Morgan fingerprint density at radius 3 is 2.81 bits per heavy atom. The second kappa shape index (κ2) is 3.92. The molecule has 5 heteroatoms. The number of sulfonamides is 1. The average molecular weight is 238 g/mol. The summed E-state index contributed by atoms with van der Waals surface area (Å²) in [6, 6.07) is 7.82. The summed E-state index contributed by atoms with van der Waals surface area (Å²) in [5.41, 5.74) is 2.03. The van der Waals surface area contributed by atoms with E-state index in [1.54, 1.807) is 0 Å². The quantitative estimate of drug-likeness (QED) is 0.851. The lowest BCUT2D eigenvalue weighted by atomic mass is 10.0. The van der Waals surface area contributed by atoms with Gasteiger partial charge in [0.2, 0.25) is 10.0 Å². The number of rotatable bonds is 3. The van der Waals surface area contributed by atoms with E-state index < -0.39 is 10.0 Å². The van der Waals surface area contributed by atoms with E-state index >= 15 is 0 Å². The minimum Gasteiger partial charge on any atom is -0.361 e. The Labute approximate surface area is 94.5 Å². The highest BCUT2D eigenvalue weighted by Gasteiger charge is 2.13. The molecular formula is C11H14N2O2S. The van der Waals surface area contributed by atoms with Crippen molar-refractivity contribution in [2.75, 3.05) is 5.75 Å². The molecule has 0 spiro atoms. The van der Waals surface area contributed by atoms with Crippen molar-refractivity contribution in [3.8, 4) is 0 Å². The molecular weight excluding hydrogens is 224 g/mol. The number of benzene rings is 1. The molecule has 1 aromatic heterocycles. The first-order valence-corrected chi connectivity index (χ1v) is 6.75. The van der Waals surface area contributed by atoms with Gasteiger partial charge in [0.1, 0.15) is 0 Å². The minimum atomic E-state index is -3.42. The summed E-state index contributed by atoms with van der Waals surface area (Å²) in [5.74, 6) is -0.113. The fourth-order valence-electron chi connectivity index (χ4n) is 1.82. The van der Waals surface area contributed by atoms with E-state index in [9.17, 15) is 8.42 Å². The Balaban J connectivity index is 2.32. The summed E-state index contributed by atoms with van der Waals surface area (Å²) < 4.78 is 22.0. The van der Waals surface area contributed by atoms with Crippen molar-refractivity contribution in [3.05, 3.63) is 36.0 Å². The molecule has 2 rings (SSSR count). The van der Waals surface area contributed by atoms with Gasteiger partial charge < -0.3 is 4.98 Å². The number of hydrogen-bond donors (Lipinski definition) is 2. The third-order valence-electron chi connectivity index (χ3n) is 2.63. The van der Waals surface area contributed by atoms with Gasteiger partial charge >= 0.3 is 0 Å². The van der Waals surface area contributed by atoms with Gasteiger partial charge in [0.25, 0.3) is 0 Å². The Morgan fingerprint density at radius 1 is 1.38 bits per heavy atom. The molecule has 1 atom stereocenters. The van der Waals surface area contributed by atoms with Gasteiger partial charge in [-0.05, 0) is 35.1 Å². The second-order valence-corrected chi connectivity index (χ2v) is 5.71. The van der Waals surface area contributed by atoms with Crippen molar-refractivity contribution >= 4 is 20.9 Å². The van der Waals surface area contributed by atoms with E-state index in [1.165, 1.54) is 0 Å². The molecule has 86 valence electrons. The van der Waals surface area contributed by atoms with Gasteiger partial charge in [-0.1, -0.05) is 13.0 Å². The SMILES string of the molecule is CC(CS(N)(=O)=O)c1ccc2[nH]ccc2c1. The zero-order valence-electron chi connectivity index (χ0n) is 8.97. The van der Waals surface area contributed by atoms with Crippen molar-refractivity contribution in [1.29, 1.82) is 0 Å². The normalized spacial score (nSPS) is 14.1. The molecule has 0 aliphatic rings. The van der Waals surface area contributed by atoms with Gasteiger partial charge in [-0.2, -0.15) is 0 Å². The molecule has 4 nitrogen and oxygen atoms in total. The monoisotopic (exact) mass is 238 g/mol. The van der Waals surface area contributed by atoms with Gasteiger partial charge in [0.05, 0.1) is 5.75 Å². The van der Waals surface area contributed by atoms with Crippen LogP contribution in [0, 0.1) is 0 Å². The number of aromatic nitrogens is 1. The summed E-state index contributed by atoms with van der Waals surface area (Å²) in [6.07, 6.45) is 1.86. The molecule has 2 aromatic rings. The van der Waals surface area contributed by atoms with Crippen LogP contribution in [0.1, 0.15) is 18.4 Å². The first-order valence-electron chi connectivity index (χ1n) is 5.03. The van der Waals surface area contributed by atoms with E-state index in [0.717, 1.165) is 16.5 Å². The third-order valence-corrected chi connectivity index (χ3v) is 3.59. The number of nitrogens with two attached hydrogens (primary N) is 1. The van der Waals surface area contributed by atoms with Crippen LogP contribution in [0.15, 0.2) is 30.5 Å². The Kier molecular flexibility index (Phi) is 2.73. The molecule has 1 unspecified atom stereocenters. The topological polar surface area (TPSA) is 76.0 Å². The molecule has 0 aliphatic carbocycles. The molecule has 0 amide bonds. The fraction of sp³-hybridized carbons (Fsp3) is 0.273. The van der Waals surface area contributed by atoms with Crippen LogP contribution in [-0.4, -0.2) is 19.2 Å². The summed E-state index contributed by atoms with van der Waals surface area (Å²) >= 11 is 0. The highest BCUT2D eigenvalue weighted by molar-refractivity contribution is 7.89.